The maximum atomic E-state index is 5.51. The van der Waals surface area contributed by atoms with Crippen molar-refractivity contribution in [3.05, 3.63) is 154 Å². The number of benzene rings is 4. The van der Waals surface area contributed by atoms with Gasteiger partial charge in [0.05, 0.1) is 0 Å². The maximum absolute atomic E-state index is 5.51. The van der Waals surface area contributed by atoms with Crippen molar-refractivity contribution >= 4 is 55.5 Å². The van der Waals surface area contributed by atoms with Gasteiger partial charge in [-0.05, 0) is 87.5 Å². The number of rotatable bonds is 8. The fourth-order valence-corrected chi connectivity index (χ4v) is 10.0. The number of guanidine groups is 2. The van der Waals surface area contributed by atoms with Gasteiger partial charge in [-0.25, -0.2) is 0 Å². The summed E-state index contributed by atoms with van der Waals surface area (Å²) >= 11 is 0. The van der Waals surface area contributed by atoms with Gasteiger partial charge >= 0.3 is 16.8 Å². The SMILES string of the molecule is C=CC.[CH2-][n+]1c2cc3[n-]c(cc4[n+]([CH2-])c(cc5[n-]c(cc1-c1ccccc1-2)c1c(CCCN(C)C(=NC)N(C)C)cccc51)-c1ccccc1-4)c1c(CCCN(C)C(=NC)N(C)C)cccc31.[CH3-].[Co+3]. The van der Waals surface area contributed by atoms with E-state index in [4.69, 9.17) is 24.1 Å². The second kappa shape index (κ2) is 22.0. The molecule has 0 atom stereocenters. The van der Waals surface area contributed by atoms with E-state index in [1.165, 1.54) is 21.9 Å². The van der Waals surface area contributed by atoms with E-state index in [0.29, 0.717) is 0 Å². The van der Waals surface area contributed by atoms with Crippen LogP contribution in [0, 0.1) is 21.5 Å². The Morgan fingerprint density at radius 3 is 1.17 bits per heavy atom. The molecule has 4 aromatic carbocycles. The van der Waals surface area contributed by atoms with Crippen LogP contribution in [0.15, 0.2) is 132 Å². The van der Waals surface area contributed by atoms with E-state index in [0.717, 1.165) is 129 Å². The Balaban J connectivity index is 0.00000153. The van der Waals surface area contributed by atoms with E-state index in [1.807, 2.05) is 49.2 Å². The van der Waals surface area contributed by atoms with Gasteiger partial charge in [0.1, 0.15) is 22.8 Å². The largest absolute Gasteiger partial charge is 3.00 e. The number of aromatic nitrogens is 4. The molecule has 0 amide bonds. The zero-order valence-corrected chi connectivity index (χ0v) is 43.2. The standard InChI is InChI=1S/C54H58N10.C3H6.CH3.Co/c1-55-53(59(3)4)61(7)29-17-21-35-19-15-27-41-43-31-47-38-24-12-14-26-40(38)50(64(47)10)34-46-52-36(22-18-30-62(8)54(56-2)60(5)6)20-16-28-42(52)44(58-46)32-48-37-23-11-13-25-39(37)49(63(48)9)33-45(57-43)51(35)41;1-3-2;;/h11-16,19-20,23-28,31-34H,9-10,17-18,21-22,29-30H2,1-8H3;3H,1H2,2H3;1H3;/q-2;;-1;+3. The Hall–Kier alpha value is -6.95. The Labute approximate surface area is 420 Å². The number of aliphatic imine (C=N–C) groups is 2. The van der Waals surface area contributed by atoms with E-state index in [9.17, 15) is 0 Å². The van der Waals surface area contributed by atoms with Gasteiger partial charge in [-0.3, -0.25) is 9.98 Å². The summed E-state index contributed by atoms with van der Waals surface area (Å²) in [7, 11) is 25.5. The summed E-state index contributed by atoms with van der Waals surface area (Å²) in [6.45, 7) is 6.99. The number of fused-ring (bicyclic) bond motifs is 20. The molecule has 0 unspecified atom stereocenters. The average Bonchev–Trinajstić information content (AvgIpc) is 4.00. The molecule has 0 saturated carbocycles. The first-order valence-electron chi connectivity index (χ1n) is 23.1. The maximum Gasteiger partial charge on any atom is 3.00 e. The summed E-state index contributed by atoms with van der Waals surface area (Å²) in [4.78, 5) is 28.6. The van der Waals surface area contributed by atoms with Crippen LogP contribution in [0.2, 0.25) is 0 Å². The number of aryl methyl sites for hydroxylation is 2. The Bertz CT molecular complexity index is 3010. The van der Waals surface area contributed by atoms with Crippen LogP contribution < -0.4 is 19.1 Å². The molecule has 0 saturated heterocycles. The third kappa shape index (κ3) is 9.84. The third-order valence-corrected chi connectivity index (χ3v) is 12.8. The van der Waals surface area contributed by atoms with Crippen molar-refractivity contribution in [2.24, 2.45) is 9.98 Å². The van der Waals surface area contributed by atoms with Gasteiger partial charge in [-0.2, -0.15) is 0 Å². The summed E-state index contributed by atoms with van der Waals surface area (Å²) in [6, 6.07) is 39.4. The molecule has 0 radical (unpaired) electrons. The molecule has 0 fully saturated rings. The van der Waals surface area contributed by atoms with E-state index in [2.05, 4.69) is 169 Å². The molecule has 0 N–H and O–H groups in total. The van der Waals surface area contributed by atoms with Gasteiger partial charge in [0.15, 0.2) is 11.9 Å². The molecule has 8 bridgehead atoms. The summed E-state index contributed by atoms with van der Waals surface area (Å²) in [5.41, 5.74) is 14.7. The molecule has 10 nitrogen and oxygen atoms in total. The van der Waals surface area contributed by atoms with Crippen LogP contribution in [0.3, 0.4) is 0 Å². The van der Waals surface area contributed by atoms with Gasteiger partial charge in [0.25, 0.3) is 0 Å². The number of nitrogens with zero attached hydrogens (tertiary/aromatic N) is 10. The molecule has 5 heterocycles. The molecule has 2 aliphatic heterocycles. The molecule has 69 heavy (non-hydrogen) atoms. The second-order valence-corrected chi connectivity index (χ2v) is 17.8. The van der Waals surface area contributed by atoms with Crippen molar-refractivity contribution in [1.29, 1.82) is 0 Å². The molecule has 2 aliphatic rings. The molecule has 0 spiro atoms. The van der Waals surface area contributed by atoms with E-state index in [-0.39, 0.29) is 24.2 Å². The van der Waals surface area contributed by atoms with Crippen LogP contribution >= 0.6 is 0 Å². The molecule has 11 heteroatoms. The molecular weight excluding hydrogens is 896 g/mol. The average molecular weight is 963 g/mol. The zero-order valence-electron chi connectivity index (χ0n) is 42.1. The summed E-state index contributed by atoms with van der Waals surface area (Å²) in [6.07, 6.45) is 5.44. The summed E-state index contributed by atoms with van der Waals surface area (Å²) < 4.78 is 4.15. The molecule has 7 aromatic rings. The first-order chi connectivity index (χ1) is 32.4. The van der Waals surface area contributed by atoms with Crippen LogP contribution in [-0.4, -0.2) is 101 Å². The van der Waals surface area contributed by atoms with E-state index >= 15 is 0 Å². The normalized spacial score (nSPS) is 11.7. The summed E-state index contributed by atoms with van der Waals surface area (Å²) in [5.74, 6) is 1.92. The Morgan fingerprint density at radius 2 is 0.870 bits per heavy atom. The molecule has 0 aliphatic carbocycles. The predicted molar refractivity (Wildman–Crippen MR) is 287 cm³/mol. The minimum absolute atomic E-state index is 0. The minimum atomic E-state index is 0. The second-order valence-electron chi connectivity index (χ2n) is 17.8. The van der Waals surface area contributed by atoms with Crippen molar-refractivity contribution in [2.75, 3.05) is 69.5 Å². The van der Waals surface area contributed by atoms with Gasteiger partial charge in [0.2, 0.25) is 0 Å². The molecule has 9 rings (SSSR count). The van der Waals surface area contributed by atoms with Gasteiger partial charge in [0, 0.05) is 83.6 Å². The monoisotopic (exact) mass is 962 g/mol. The van der Waals surface area contributed by atoms with E-state index < -0.39 is 0 Å². The Morgan fingerprint density at radius 1 is 0.551 bits per heavy atom. The number of hydrogen-bond acceptors (Lipinski definition) is 2. The van der Waals surface area contributed by atoms with Crippen molar-refractivity contribution < 1.29 is 25.9 Å². The zero-order chi connectivity index (χ0) is 47.5. The number of hydrogen-bond donors (Lipinski definition) is 0. The van der Waals surface area contributed by atoms with Crippen molar-refractivity contribution in [3.8, 4) is 45.0 Å². The number of allylic oxidation sites excluding steroid dienone is 1. The quantitative estimate of drug-likeness (QED) is 0.0497. The predicted octanol–water partition coefficient (Wildman–Crippen LogP) is 10.1. The van der Waals surface area contributed by atoms with Crippen LogP contribution in [-0.2, 0) is 29.6 Å². The fourth-order valence-electron chi connectivity index (χ4n) is 10.0. The molecule has 3 aromatic heterocycles. The van der Waals surface area contributed by atoms with Crippen molar-refractivity contribution in [3.63, 3.8) is 0 Å². The topological polar surface area (TPSA) is 73.6 Å². The minimum Gasteiger partial charge on any atom is -0.658 e. The van der Waals surface area contributed by atoms with Crippen molar-refractivity contribution in [2.45, 2.75) is 32.6 Å². The van der Waals surface area contributed by atoms with Crippen molar-refractivity contribution in [1.82, 2.24) is 29.6 Å². The van der Waals surface area contributed by atoms with Crippen LogP contribution in [0.5, 0.6) is 0 Å². The smallest absolute Gasteiger partial charge is 0.658 e. The van der Waals surface area contributed by atoms with E-state index in [1.54, 1.807) is 6.08 Å². The third-order valence-electron chi connectivity index (χ3n) is 12.8. The van der Waals surface area contributed by atoms with Crippen LogP contribution in [0.25, 0.3) is 88.6 Å². The van der Waals surface area contributed by atoms with Gasteiger partial charge in [-0.1, -0.05) is 115 Å². The van der Waals surface area contributed by atoms with Crippen LogP contribution in [0.1, 0.15) is 30.9 Å². The first-order valence-corrected chi connectivity index (χ1v) is 23.1. The van der Waals surface area contributed by atoms with Gasteiger partial charge in [-0.15, -0.1) is 28.6 Å². The molecule has 358 valence electrons. The van der Waals surface area contributed by atoms with Gasteiger partial charge < -0.3 is 46.1 Å². The molecular formula is C58H67CoN10. The first kappa shape index (κ1) is 51.4. The van der Waals surface area contributed by atoms with Crippen LogP contribution in [0.4, 0.5) is 0 Å². The Kier molecular flexibility index (Phi) is 16.4. The fraction of sp³-hybridized carbons (Fsp3) is 0.259. The summed E-state index contributed by atoms with van der Waals surface area (Å²) in [5, 5.41) is 4.56.